The molecule has 0 aliphatic carbocycles. The van der Waals surface area contributed by atoms with E-state index in [1.807, 2.05) is 43.3 Å². The van der Waals surface area contributed by atoms with Crippen molar-refractivity contribution in [2.45, 2.75) is 32.4 Å². The monoisotopic (exact) mass is 466 g/mol. The minimum Gasteiger partial charge on any atom is -0.385 e. The van der Waals surface area contributed by atoms with Crippen LogP contribution in [0, 0.1) is 6.92 Å². The Labute approximate surface area is 198 Å². The highest BCUT2D eigenvalue weighted by Gasteiger charge is 2.49. The van der Waals surface area contributed by atoms with Gasteiger partial charge in [-0.3, -0.25) is 19.2 Å². The molecule has 1 aromatic heterocycles. The number of carbonyl (C=O) groups is 2. The number of aromatic nitrogens is 2. The number of hydrogen-bond donors (Lipinski definition) is 1. The first kappa shape index (κ1) is 23.0. The molecule has 0 fully saturated rings. The number of halogens is 1. The maximum atomic E-state index is 13.8. The number of nitrogens with one attached hydrogen (secondary N) is 1. The number of amides is 2. The van der Waals surface area contributed by atoms with Gasteiger partial charge in [-0.2, -0.15) is 5.10 Å². The van der Waals surface area contributed by atoms with Crippen LogP contribution in [0.1, 0.15) is 29.4 Å². The van der Waals surface area contributed by atoms with E-state index in [1.165, 1.54) is 0 Å². The molecule has 0 spiro atoms. The lowest BCUT2D eigenvalue weighted by Crippen LogP contribution is -2.64. The predicted octanol–water partition coefficient (Wildman–Crippen LogP) is 4.08. The van der Waals surface area contributed by atoms with E-state index in [1.54, 1.807) is 41.8 Å². The van der Waals surface area contributed by atoms with E-state index in [0.29, 0.717) is 41.7 Å². The van der Waals surface area contributed by atoms with E-state index in [9.17, 15) is 9.59 Å². The molecule has 1 aliphatic rings. The average Bonchev–Trinajstić information content (AvgIpc) is 3.24. The number of anilines is 1. The summed E-state index contributed by atoms with van der Waals surface area (Å²) in [5.41, 5.74) is 2.16. The first-order chi connectivity index (χ1) is 15.9. The minimum atomic E-state index is -1.20. The highest BCUT2D eigenvalue weighted by molar-refractivity contribution is 6.32. The fraction of sp³-hybridized carbons (Fsp3) is 0.320. The highest BCUT2D eigenvalue weighted by Crippen LogP contribution is 2.37. The second-order valence-corrected chi connectivity index (χ2v) is 8.75. The van der Waals surface area contributed by atoms with Crippen molar-refractivity contribution in [3.8, 4) is 11.3 Å². The normalized spacial score (nSPS) is 17.7. The first-order valence-electron chi connectivity index (χ1n) is 10.9. The van der Waals surface area contributed by atoms with E-state index in [0.717, 1.165) is 11.1 Å². The zero-order valence-corrected chi connectivity index (χ0v) is 19.7. The second-order valence-electron chi connectivity index (χ2n) is 8.34. The van der Waals surface area contributed by atoms with Gasteiger partial charge in [-0.1, -0.05) is 48.0 Å². The molecule has 1 aliphatic heterocycles. The molecule has 8 heteroatoms. The fourth-order valence-corrected chi connectivity index (χ4v) is 4.33. The van der Waals surface area contributed by atoms with Crippen molar-refractivity contribution in [1.29, 1.82) is 0 Å². The molecule has 7 nitrogen and oxygen atoms in total. The van der Waals surface area contributed by atoms with Crippen LogP contribution >= 0.6 is 11.6 Å². The smallest absolute Gasteiger partial charge is 0.277 e. The SMILES string of the molecule is COCCCNC(=O)C1(C)Cn2nc(-c3ccccc3)cc2C(=O)N1c1cccc(Cl)c1C. The quantitative estimate of drug-likeness (QED) is 0.532. The second kappa shape index (κ2) is 9.37. The minimum absolute atomic E-state index is 0.211. The number of nitrogens with zero attached hydrogens (tertiary/aromatic N) is 3. The van der Waals surface area contributed by atoms with E-state index < -0.39 is 5.54 Å². The summed E-state index contributed by atoms with van der Waals surface area (Å²) < 4.78 is 6.71. The molecule has 2 heterocycles. The van der Waals surface area contributed by atoms with Crippen LogP contribution < -0.4 is 10.2 Å². The van der Waals surface area contributed by atoms with Gasteiger partial charge in [-0.05, 0) is 44.0 Å². The van der Waals surface area contributed by atoms with Crippen LogP contribution in [0.5, 0.6) is 0 Å². The average molecular weight is 467 g/mol. The molecule has 1 atom stereocenters. The van der Waals surface area contributed by atoms with Gasteiger partial charge < -0.3 is 10.1 Å². The van der Waals surface area contributed by atoms with Gasteiger partial charge in [0.1, 0.15) is 11.2 Å². The van der Waals surface area contributed by atoms with Crippen molar-refractivity contribution in [3.63, 3.8) is 0 Å². The van der Waals surface area contributed by atoms with E-state index in [-0.39, 0.29) is 18.4 Å². The summed E-state index contributed by atoms with van der Waals surface area (Å²) in [6.45, 7) is 4.81. The van der Waals surface area contributed by atoms with Crippen LogP contribution in [0.15, 0.2) is 54.6 Å². The predicted molar refractivity (Wildman–Crippen MR) is 129 cm³/mol. The van der Waals surface area contributed by atoms with Gasteiger partial charge in [0.15, 0.2) is 0 Å². The highest BCUT2D eigenvalue weighted by atomic mass is 35.5. The van der Waals surface area contributed by atoms with Crippen molar-refractivity contribution in [2.24, 2.45) is 0 Å². The maximum absolute atomic E-state index is 13.8. The molecule has 1 N–H and O–H groups in total. The third-order valence-electron chi connectivity index (χ3n) is 6.00. The third kappa shape index (κ3) is 4.26. The van der Waals surface area contributed by atoms with Crippen LogP contribution in [0.3, 0.4) is 0 Å². The lowest BCUT2D eigenvalue weighted by Gasteiger charge is -2.43. The molecule has 0 saturated heterocycles. The summed E-state index contributed by atoms with van der Waals surface area (Å²) in [5.74, 6) is -0.551. The molecular weight excluding hydrogens is 440 g/mol. The summed E-state index contributed by atoms with van der Waals surface area (Å²) in [4.78, 5) is 28.9. The molecular formula is C25H27ClN4O3. The fourth-order valence-electron chi connectivity index (χ4n) is 4.16. The molecule has 2 amide bonds. The van der Waals surface area contributed by atoms with Crippen LogP contribution in [0.2, 0.25) is 5.02 Å². The van der Waals surface area contributed by atoms with Gasteiger partial charge in [0, 0.05) is 36.5 Å². The number of benzene rings is 2. The van der Waals surface area contributed by atoms with E-state index in [2.05, 4.69) is 10.4 Å². The molecule has 1 unspecified atom stereocenters. The van der Waals surface area contributed by atoms with Crippen molar-refractivity contribution < 1.29 is 14.3 Å². The van der Waals surface area contributed by atoms with Crippen molar-refractivity contribution in [1.82, 2.24) is 15.1 Å². The van der Waals surface area contributed by atoms with Gasteiger partial charge in [0.25, 0.3) is 5.91 Å². The third-order valence-corrected chi connectivity index (χ3v) is 6.41. The van der Waals surface area contributed by atoms with Crippen molar-refractivity contribution >= 4 is 29.1 Å². The van der Waals surface area contributed by atoms with Gasteiger partial charge >= 0.3 is 0 Å². The molecule has 3 aromatic rings. The molecule has 33 heavy (non-hydrogen) atoms. The van der Waals surface area contributed by atoms with Gasteiger partial charge in [0.05, 0.1) is 12.2 Å². The Hall–Kier alpha value is -3.16. The van der Waals surface area contributed by atoms with Crippen molar-refractivity contribution in [3.05, 3.63) is 70.9 Å². The van der Waals surface area contributed by atoms with Crippen LogP contribution in [0.25, 0.3) is 11.3 Å². The Bertz CT molecular complexity index is 1180. The summed E-state index contributed by atoms with van der Waals surface area (Å²) in [6, 6.07) is 16.8. The number of ether oxygens (including phenoxy) is 1. The maximum Gasteiger partial charge on any atom is 0.277 e. The zero-order valence-electron chi connectivity index (χ0n) is 19.0. The molecule has 0 bridgehead atoms. The molecule has 4 rings (SSSR count). The largest absolute Gasteiger partial charge is 0.385 e. The number of hydrogen-bond acceptors (Lipinski definition) is 4. The zero-order chi connectivity index (χ0) is 23.6. The van der Waals surface area contributed by atoms with Crippen LogP contribution in [-0.2, 0) is 16.1 Å². The van der Waals surface area contributed by atoms with Gasteiger partial charge in [-0.25, -0.2) is 0 Å². The van der Waals surface area contributed by atoms with E-state index in [4.69, 9.17) is 16.3 Å². The van der Waals surface area contributed by atoms with Gasteiger partial charge in [-0.15, -0.1) is 0 Å². The Morgan fingerprint density at radius 1 is 1.21 bits per heavy atom. The van der Waals surface area contributed by atoms with Crippen LogP contribution in [-0.4, -0.2) is 47.4 Å². The van der Waals surface area contributed by atoms with Gasteiger partial charge in [0.2, 0.25) is 5.91 Å². The van der Waals surface area contributed by atoms with E-state index >= 15 is 0 Å². The lowest BCUT2D eigenvalue weighted by atomic mass is 9.93. The summed E-state index contributed by atoms with van der Waals surface area (Å²) in [7, 11) is 1.62. The Kier molecular flexibility index (Phi) is 6.54. The number of methoxy groups -OCH3 is 1. The first-order valence-corrected chi connectivity index (χ1v) is 11.2. The topological polar surface area (TPSA) is 76.5 Å². The molecule has 0 saturated carbocycles. The number of fused-ring (bicyclic) bond motifs is 1. The molecule has 2 aromatic carbocycles. The van der Waals surface area contributed by atoms with Crippen LogP contribution in [0.4, 0.5) is 5.69 Å². The standard InChI is InChI=1S/C25H27ClN4O3/c1-17-19(26)11-7-12-21(17)30-23(31)22-15-20(18-9-5-4-6-10-18)28-29(22)16-25(30,2)24(32)27-13-8-14-33-3/h4-7,9-12,15H,8,13-14,16H2,1-3H3,(H,27,32). The number of carbonyl (C=O) groups excluding carboxylic acids is 2. The Morgan fingerprint density at radius 3 is 2.70 bits per heavy atom. The molecule has 0 radical (unpaired) electrons. The van der Waals surface area contributed by atoms with Crippen molar-refractivity contribution in [2.75, 3.05) is 25.2 Å². The number of rotatable bonds is 7. The Morgan fingerprint density at radius 2 is 1.97 bits per heavy atom. The summed E-state index contributed by atoms with van der Waals surface area (Å²) in [6.07, 6.45) is 0.674. The summed E-state index contributed by atoms with van der Waals surface area (Å²) in [5, 5.41) is 8.17. The summed E-state index contributed by atoms with van der Waals surface area (Å²) >= 11 is 6.39. The molecule has 172 valence electrons. The lowest BCUT2D eigenvalue weighted by molar-refractivity contribution is -0.126. The Balaban J connectivity index is 1.78.